The Labute approximate surface area is 143 Å². The standard InChI is InChI=1S/C20H16N2OS/c1-23-15-4-2-3-12(9-15)20-16-7-5-13(21)10-18(16)24-19-11-14(22)6-8-17(19)20/h2-11,21H,22H2,1H3/p+1. The lowest BCUT2D eigenvalue weighted by Crippen LogP contribution is -2.44. The summed E-state index contributed by atoms with van der Waals surface area (Å²) in [4.78, 5) is 1.14. The van der Waals surface area contributed by atoms with Gasteiger partial charge in [0, 0.05) is 38.3 Å². The zero-order valence-electron chi connectivity index (χ0n) is 13.2. The molecule has 0 saturated heterocycles. The quantitative estimate of drug-likeness (QED) is 0.438. The van der Waals surface area contributed by atoms with Gasteiger partial charge in [0.05, 0.1) is 7.11 Å². The number of nitrogens with two attached hydrogens (primary N) is 2. The first kappa shape index (κ1) is 14.7. The molecule has 2 aromatic carbocycles. The molecule has 3 nitrogen and oxygen atoms in total. The summed E-state index contributed by atoms with van der Waals surface area (Å²) in [6, 6.07) is 20.2. The van der Waals surface area contributed by atoms with Crippen LogP contribution in [0.25, 0.3) is 31.7 Å². The zero-order chi connectivity index (χ0) is 16.7. The first-order chi connectivity index (χ1) is 11.7. The van der Waals surface area contributed by atoms with E-state index in [1.54, 1.807) is 18.4 Å². The number of methoxy groups -OCH3 is 1. The lowest BCUT2D eigenvalue weighted by molar-refractivity contribution is -0.172. The molecule has 4 N–H and O–H groups in total. The Morgan fingerprint density at radius 1 is 1.00 bits per heavy atom. The number of ether oxygens (including phenoxy) is 1. The molecule has 0 amide bonds. The van der Waals surface area contributed by atoms with Crippen molar-refractivity contribution >= 4 is 27.1 Å². The number of nitrogen functional groups attached to an aromatic ring is 1. The summed E-state index contributed by atoms with van der Waals surface area (Å²) < 4.78 is 6.55. The third kappa shape index (κ3) is 2.41. The van der Waals surface area contributed by atoms with Crippen LogP contribution < -0.4 is 21.2 Å². The molecule has 2 aliphatic rings. The SMILES string of the molecule is COc1cccc(-c2c3ccc(=[NH2+])cc-3sc3cc(N)ccc23)c1. The van der Waals surface area contributed by atoms with Crippen LogP contribution in [0.1, 0.15) is 0 Å². The predicted octanol–water partition coefficient (Wildman–Crippen LogP) is 2.92. The smallest absolute Gasteiger partial charge is 0.198 e. The second-order valence-corrected chi connectivity index (χ2v) is 6.80. The second kappa shape index (κ2) is 5.65. The highest BCUT2D eigenvalue weighted by atomic mass is 32.1. The van der Waals surface area contributed by atoms with Gasteiger partial charge in [0.2, 0.25) is 0 Å². The van der Waals surface area contributed by atoms with Crippen LogP contribution in [0, 0.1) is 0 Å². The van der Waals surface area contributed by atoms with Gasteiger partial charge in [-0.2, -0.15) is 0 Å². The highest BCUT2D eigenvalue weighted by molar-refractivity contribution is 7.21. The predicted molar refractivity (Wildman–Crippen MR) is 99.9 cm³/mol. The van der Waals surface area contributed by atoms with Crippen molar-refractivity contribution in [3.05, 3.63) is 66.0 Å². The molecule has 0 fully saturated rings. The van der Waals surface area contributed by atoms with E-state index >= 15 is 0 Å². The van der Waals surface area contributed by atoms with Crippen LogP contribution >= 0.6 is 11.3 Å². The zero-order valence-corrected chi connectivity index (χ0v) is 14.1. The first-order valence-corrected chi connectivity index (χ1v) is 8.46. The molecule has 0 aromatic heterocycles. The Morgan fingerprint density at radius 3 is 2.71 bits per heavy atom. The van der Waals surface area contributed by atoms with E-state index in [0.717, 1.165) is 31.9 Å². The molecule has 0 unspecified atom stereocenters. The summed E-state index contributed by atoms with van der Waals surface area (Å²) in [5, 5.41) is 7.94. The van der Waals surface area contributed by atoms with Crippen LogP contribution in [0.2, 0.25) is 0 Å². The van der Waals surface area contributed by atoms with E-state index < -0.39 is 0 Å². The third-order valence-corrected chi connectivity index (χ3v) is 5.24. The fraction of sp³-hybridized carbons (Fsp3) is 0.0500. The highest BCUT2D eigenvalue weighted by Gasteiger charge is 2.16. The van der Waals surface area contributed by atoms with Crippen molar-refractivity contribution in [1.29, 1.82) is 0 Å². The summed E-state index contributed by atoms with van der Waals surface area (Å²) in [5.41, 5.74) is 10.2. The van der Waals surface area contributed by atoms with E-state index in [-0.39, 0.29) is 0 Å². The summed E-state index contributed by atoms with van der Waals surface area (Å²) in [6.45, 7) is 0. The van der Waals surface area contributed by atoms with Gasteiger partial charge in [0.25, 0.3) is 0 Å². The molecule has 1 aliphatic carbocycles. The molecule has 0 radical (unpaired) electrons. The Morgan fingerprint density at radius 2 is 1.88 bits per heavy atom. The number of fused-ring (bicyclic) bond motifs is 2. The minimum atomic E-state index is 0.763. The summed E-state index contributed by atoms with van der Waals surface area (Å²) >= 11 is 1.71. The van der Waals surface area contributed by atoms with Crippen molar-refractivity contribution in [2.45, 2.75) is 0 Å². The van der Waals surface area contributed by atoms with Gasteiger partial charge in [-0.3, -0.25) is 5.41 Å². The largest absolute Gasteiger partial charge is 0.497 e. The Hall–Kier alpha value is -2.85. The normalized spacial score (nSPS) is 11.0. The van der Waals surface area contributed by atoms with Crippen molar-refractivity contribution < 1.29 is 10.1 Å². The highest BCUT2D eigenvalue weighted by Crippen LogP contribution is 2.43. The van der Waals surface area contributed by atoms with Gasteiger partial charge in [-0.15, -0.1) is 11.3 Å². The van der Waals surface area contributed by atoms with Gasteiger partial charge in [-0.05, 0) is 41.5 Å². The third-order valence-electron chi connectivity index (χ3n) is 4.13. The Bertz CT molecular complexity index is 1080. The van der Waals surface area contributed by atoms with Crippen LogP contribution in [-0.4, -0.2) is 7.11 Å². The second-order valence-electron chi connectivity index (χ2n) is 5.72. The van der Waals surface area contributed by atoms with Crippen LogP contribution in [-0.2, 0) is 0 Å². The Kier molecular flexibility index (Phi) is 3.47. The van der Waals surface area contributed by atoms with Crippen molar-refractivity contribution in [3.63, 3.8) is 0 Å². The van der Waals surface area contributed by atoms with Crippen molar-refractivity contribution in [2.75, 3.05) is 12.8 Å². The average Bonchev–Trinajstić information content (AvgIpc) is 2.59. The molecule has 1 aliphatic heterocycles. The van der Waals surface area contributed by atoms with E-state index in [9.17, 15) is 0 Å². The molecule has 1 heterocycles. The topological polar surface area (TPSA) is 60.8 Å². The minimum absolute atomic E-state index is 0.763. The van der Waals surface area contributed by atoms with E-state index in [0.29, 0.717) is 0 Å². The Balaban J connectivity index is 2.16. The lowest BCUT2D eigenvalue weighted by Gasteiger charge is -2.16. The summed E-state index contributed by atoms with van der Waals surface area (Å²) in [6.07, 6.45) is 0. The number of hydrogen-bond acceptors (Lipinski definition) is 3. The minimum Gasteiger partial charge on any atom is -0.497 e. The van der Waals surface area contributed by atoms with E-state index in [4.69, 9.17) is 15.9 Å². The van der Waals surface area contributed by atoms with Gasteiger partial charge >= 0.3 is 0 Å². The van der Waals surface area contributed by atoms with Gasteiger partial charge in [0.15, 0.2) is 5.36 Å². The maximum Gasteiger partial charge on any atom is 0.198 e. The van der Waals surface area contributed by atoms with Crippen molar-refractivity contribution in [3.8, 4) is 27.3 Å². The van der Waals surface area contributed by atoms with Crippen LogP contribution in [0.15, 0.2) is 60.7 Å². The molecule has 24 heavy (non-hydrogen) atoms. The summed E-state index contributed by atoms with van der Waals surface area (Å²) in [5.74, 6) is 0.840. The van der Waals surface area contributed by atoms with Gasteiger partial charge in [-0.25, -0.2) is 0 Å². The molecule has 2 aromatic rings. The van der Waals surface area contributed by atoms with Crippen LogP contribution in [0.4, 0.5) is 5.69 Å². The molecular formula is C20H17N2OS+. The summed E-state index contributed by atoms with van der Waals surface area (Å²) in [7, 11) is 1.68. The monoisotopic (exact) mass is 333 g/mol. The maximum absolute atomic E-state index is 5.99. The number of benzene rings is 3. The van der Waals surface area contributed by atoms with Gasteiger partial charge < -0.3 is 10.5 Å². The van der Waals surface area contributed by atoms with Crippen LogP contribution in [0.3, 0.4) is 0 Å². The van der Waals surface area contributed by atoms with Crippen molar-refractivity contribution in [2.24, 2.45) is 0 Å². The lowest BCUT2D eigenvalue weighted by atomic mass is 9.95. The first-order valence-electron chi connectivity index (χ1n) is 7.65. The van der Waals surface area contributed by atoms with E-state index in [2.05, 4.69) is 24.3 Å². The molecule has 0 atom stereocenters. The average molecular weight is 333 g/mol. The molecule has 0 bridgehead atoms. The van der Waals surface area contributed by atoms with E-state index in [1.807, 2.05) is 36.4 Å². The molecule has 4 heteroatoms. The molecule has 0 saturated carbocycles. The van der Waals surface area contributed by atoms with Gasteiger partial charge in [0.1, 0.15) is 5.75 Å². The van der Waals surface area contributed by atoms with Crippen molar-refractivity contribution in [1.82, 2.24) is 0 Å². The van der Waals surface area contributed by atoms with Crippen LogP contribution in [0.5, 0.6) is 5.75 Å². The van der Waals surface area contributed by atoms with Gasteiger partial charge in [-0.1, -0.05) is 18.2 Å². The number of anilines is 1. The number of rotatable bonds is 2. The van der Waals surface area contributed by atoms with E-state index in [1.165, 1.54) is 16.5 Å². The number of hydrogen-bond donors (Lipinski definition) is 2. The molecule has 4 rings (SSSR count). The fourth-order valence-corrected chi connectivity index (χ4v) is 4.20. The maximum atomic E-state index is 5.99. The molecular weight excluding hydrogens is 316 g/mol. The molecule has 118 valence electrons. The molecule has 0 spiro atoms. The fourth-order valence-electron chi connectivity index (χ4n) is 3.01.